The molecule has 0 spiro atoms. The number of nitrogens with one attached hydrogen (secondary N) is 3. The predicted octanol–water partition coefficient (Wildman–Crippen LogP) is 0.964. The van der Waals surface area contributed by atoms with Gasteiger partial charge in [-0.2, -0.15) is 0 Å². The van der Waals surface area contributed by atoms with Crippen LogP contribution in [0.5, 0.6) is 5.75 Å². The number of benzene rings is 2. The molecule has 2 aromatic carbocycles. The molecule has 8 nitrogen and oxygen atoms in total. The van der Waals surface area contributed by atoms with Gasteiger partial charge in [0, 0.05) is 17.4 Å². The van der Waals surface area contributed by atoms with Gasteiger partial charge < -0.3 is 25.0 Å². The van der Waals surface area contributed by atoms with Crippen molar-refractivity contribution < 1.29 is 28.8 Å². The van der Waals surface area contributed by atoms with Crippen LogP contribution in [-0.2, 0) is 14.3 Å². The monoisotopic (exact) mass is 400 g/mol. The number of amides is 2. The molecule has 0 fully saturated rings. The Morgan fingerprint density at radius 3 is 2.14 bits per heavy atom. The van der Waals surface area contributed by atoms with Crippen LogP contribution in [0.3, 0.4) is 0 Å². The Morgan fingerprint density at radius 1 is 0.931 bits per heavy atom. The maximum absolute atomic E-state index is 12.2. The summed E-state index contributed by atoms with van der Waals surface area (Å²) in [5.74, 6) is -0.198. The third kappa shape index (κ3) is 7.27. The summed E-state index contributed by atoms with van der Waals surface area (Å²) in [4.78, 5) is 36.7. The molecule has 0 aromatic heterocycles. The molecule has 2 rings (SSSR count). The van der Waals surface area contributed by atoms with Crippen molar-refractivity contribution in [3.8, 4) is 5.75 Å². The van der Waals surface area contributed by atoms with Crippen molar-refractivity contribution in [1.82, 2.24) is 0 Å². The molecule has 0 aliphatic carbocycles. The van der Waals surface area contributed by atoms with Gasteiger partial charge in [-0.1, -0.05) is 6.07 Å². The summed E-state index contributed by atoms with van der Waals surface area (Å²) in [5.41, 5.74) is 1.62. The van der Waals surface area contributed by atoms with Crippen molar-refractivity contribution in [2.45, 2.75) is 6.92 Å². The molecule has 0 bridgehead atoms. The lowest BCUT2D eigenvalue weighted by molar-refractivity contribution is -0.862. The van der Waals surface area contributed by atoms with Crippen LogP contribution in [0, 0.1) is 0 Å². The number of ether oxygens (including phenoxy) is 2. The van der Waals surface area contributed by atoms with Crippen molar-refractivity contribution >= 4 is 29.2 Å². The van der Waals surface area contributed by atoms with E-state index in [0.29, 0.717) is 29.3 Å². The molecule has 29 heavy (non-hydrogen) atoms. The average molecular weight is 400 g/mol. The first-order chi connectivity index (χ1) is 13.9. The summed E-state index contributed by atoms with van der Waals surface area (Å²) in [6.45, 7) is 2.29. The molecular weight excluding hydrogens is 374 g/mol. The van der Waals surface area contributed by atoms with E-state index in [0.717, 1.165) is 4.90 Å². The van der Waals surface area contributed by atoms with Gasteiger partial charge in [-0.05, 0) is 43.3 Å². The van der Waals surface area contributed by atoms with Crippen LogP contribution in [0.25, 0.3) is 0 Å². The SMILES string of the molecule is CCOC(=O)c1ccc(NC(=O)C[NH+](C)CC(=O)Nc2cccc(OC)c2)cc1. The highest BCUT2D eigenvalue weighted by Gasteiger charge is 2.15. The minimum Gasteiger partial charge on any atom is -0.497 e. The Morgan fingerprint density at radius 2 is 1.55 bits per heavy atom. The number of likely N-dealkylation sites (N-methyl/N-ethyl adjacent to an activating group) is 1. The quantitative estimate of drug-likeness (QED) is 0.545. The fourth-order valence-electron chi connectivity index (χ4n) is 2.63. The third-order valence-corrected chi connectivity index (χ3v) is 3.96. The molecule has 154 valence electrons. The van der Waals surface area contributed by atoms with Crippen LogP contribution in [0.4, 0.5) is 11.4 Å². The number of methoxy groups -OCH3 is 1. The van der Waals surface area contributed by atoms with Crippen LogP contribution in [0.15, 0.2) is 48.5 Å². The van der Waals surface area contributed by atoms with Crippen molar-refractivity contribution in [3.63, 3.8) is 0 Å². The number of carbonyl (C=O) groups excluding carboxylic acids is 3. The van der Waals surface area contributed by atoms with Crippen LogP contribution in [-0.4, -0.2) is 51.6 Å². The molecule has 0 heterocycles. The highest BCUT2D eigenvalue weighted by atomic mass is 16.5. The van der Waals surface area contributed by atoms with Crippen LogP contribution >= 0.6 is 0 Å². The van der Waals surface area contributed by atoms with E-state index >= 15 is 0 Å². The number of rotatable bonds is 9. The van der Waals surface area contributed by atoms with E-state index in [1.54, 1.807) is 69.6 Å². The summed E-state index contributed by atoms with van der Waals surface area (Å²) in [5, 5.41) is 5.53. The smallest absolute Gasteiger partial charge is 0.338 e. The molecule has 2 aromatic rings. The predicted molar refractivity (Wildman–Crippen MR) is 109 cm³/mol. The molecule has 0 saturated heterocycles. The van der Waals surface area contributed by atoms with Crippen molar-refractivity contribution in [2.24, 2.45) is 0 Å². The maximum atomic E-state index is 12.2. The number of anilines is 2. The number of quaternary nitrogens is 1. The molecule has 1 unspecified atom stereocenters. The van der Waals surface area contributed by atoms with Gasteiger partial charge in [-0.3, -0.25) is 9.59 Å². The Labute approximate surface area is 169 Å². The second-order valence-corrected chi connectivity index (χ2v) is 6.44. The summed E-state index contributed by atoms with van der Waals surface area (Å²) >= 11 is 0. The standard InChI is InChI=1S/C21H25N3O5/c1-4-29-21(27)15-8-10-16(11-9-15)22-19(25)13-24(2)14-20(26)23-17-6-5-7-18(12-17)28-3/h5-12H,4,13-14H2,1-3H3,(H,22,25)(H,23,26)/p+1. The maximum Gasteiger partial charge on any atom is 0.338 e. The van der Waals surface area contributed by atoms with E-state index in [9.17, 15) is 14.4 Å². The van der Waals surface area contributed by atoms with Gasteiger partial charge >= 0.3 is 5.97 Å². The molecule has 8 heteroatoms. The molecule has 1 atom stereocenters. The molecule has 0 saturated carbocycles. The molecule has 0 radical (unpaired) electrons. The zero-order chi connectivity index (χ0) is 21.2. The van der Waals surface area contributed by atoms with Gasteiger partial charge in [-0.15, -0.1) is 0 Å². The molecule has 2 amide bonds. The summed E-state index contributed by atoms with van der Waals surface area (Å²) in [6, 6.07) is 13.5. The fourth-order valence-corrected chi connectivity index (χ4v) is 2.63. The first kappa shape index (κ1) is 21.9. The highest BCUT2D eigenvalue weighted by Crippen LogP contribution is 2.16. The van der Waals surface area contributed by atoms with Gasteiger partial charge in [0.25, 0.3) is 11.8 Å². The normalized spacial score (nSPS) is 11.3. The van der Waals surface area contributed by atoms with Gasteiger partial charge in [-0.25, -0.2) is 4.79 Å². The Balaban J connectivity index is 1.80. The molecule has 0 aliphatic heterocycles. The second-order valence-electron chi connectivity index (χ2n) is 6.44. The topological polar surface area (TPSA) is 98.2 Å². The van der Waals surface area contributed by atoms with E-state index in [4.69, 9.17) is 9.47 Å². The zero-order valence-corrected chi connectivity index (χ0v) is 16.8. The van der Waals surface area contributed by atoms with Gasteiger partial charge in [0.1, 0.15) is 5.75 Å². The largest absolute Gasteiger partial charge is 0.497 e. The summed E-state index contributed by atoms with van der Waals surface area (Å²) < 4.78 is 10.0. The number of esters is 1. The summed E-state index contributed by atoms with van der Waals surface area (Å²) in [6.07, 6.45) is 0. The highest BCUT2D eigenvalue weighted by molar-refractivity contribution is 5.94. The van der Waals surface area contributed by atoms with Crippen LogP contribution < -0.4 is 20.3 Å². The lowest BCUT2D eigenvalue weighted by Gasteiger charge is -2.14. The third-order valence-electron chi connectivity index (χ3n) is 3.96. The minimum atomic E-state index is -0.406. The average Bonchev–Trinajstić information content (AvgIpc) is 2.68. The molecular formula is C21H26N3O5+. The van der Waals surface area contributed by atoms with Crippen molar-refractivity contribution in [3.05, 3.63) is 54.1 Å². The first-order valence-electron chi connectivity index (χ1n) is 9.23. The van der Waals surface area contributed by atoms with E-state index in [-0.39, 0.29) is 24.9 Å². The van der Waals surface area contributed by atoms with Gasteiger partial charge in [0.05, 0.1) is 26.3 Å². The van der Waals surface area contributed by atoms with Crippen molar-refractivity contribution in [1.29, 1.82) is 0 Å². The Kier molecular flexibility index (Phi) is 8.17. The number of carbonyl (C=O) groups is 3. The lowest BCUT2D eigenvalue weighted by Crippen LogP contribution is -3.11. The first-order valence-corrected chi connectivity index (χ1v) is 9.23. The number of hydrogen-bond donors (Lipinski definition) is 3. The van der Waals surface area contributed by atoms with Crippen LogP contribution in [0.2, 0.25) is 0 Å². The Bertz CT molecular complexity index is 852. The van der Waals surface area contributed by atoms with Gasteiger partial charge in [0.2, 0.25) is 0 Å². The van der Waals surface area contributed by atoms with E-state index in [1.807, 2.05) is 0 Å². The van der Waals surface area contributed by atoms with Crippen LogP contribution in [0.1, 0.15) is 17.3 Å². The molecule has 3 N–H and O–H groups in total. The van der Waals surface area contributed by atoms with E-state index in [1.165, 1.54) is 0 Å². The zero-order valence-electron chi connectivity index (χ0n) is 16.8. The fraction of sp³-hybridized carbons (Fsp3) is 0.286. The van der Waals surface area contributed by atoms with E-state index < -0.39 is 5.97 Å². The number of hydrogen-bond acceptors (Lipinski definition) is 5. The summed E-state index contributed by atoms with van der Waals surface area (Å²) in [7, 11) is 3.32. The second kappa shape index (κ2) is 10.8. The van der Waals surface area contributed by atoms with Gasteiger partial charge in [0.15, 0.2) is 13.1 Å². The minimum absolute atomic E-state index is 0.116. The Hall–Kier alpha value is -3.39. The van der Waals surface area contributed by atoms with E-state index in [2.05, 4.69) is 10.6 Å². The van der Waals surface area contributed by atoms with Crippen molar-refractivity contribution in [2.75, 3.05) is 44.5 Å². The molecule has 0 aliphatic rings. The lowest BCUT2D eigenvalue weighted by atomic mass is 10.2.